The van der Waals surface area contributed by atoms with E-state index in [9.17, 15) is 9.90 Å². The molecule has 0 fully saturated rings. The Morgan fingerprint density at radius 2 is 2.09 bits per heavy atom. The maximum absolute atomic E-state index is 11.6. The van der Waals surface area contributed by atoms with E-state index in [1.54, 1.807) is 11.6 Å². The van der Waals surface area contributed by atoms with Crippen LogP contribution in [0.3, 0.4) is 0 Å². The van der Waals surface area contributed by atoms with Crippen LogP contribution in [0, 0.1) is 0 Å². The second-order valence-corrected chi connectivity index (χ2v) is 5.66. The minimum Gasteiger partial charge on any atom is -0.477 e. The second kappa shape index (κ2) is 7.42. The van der Waals surface area contributed by atoms with E-state index in [-0.39, 0.29) is 6.10 Å². The van der Waals surface area contributed by atoms with Crippen molar-refractivity contribution >= 4 is 16.9 Å². The molecule has 1 aromatic carbocycles. The predicted molar refractivity (Wildman–Crippen MR) is 87.3 cm³/mol. The zero-order valence-corrected chi connectivity index (χ0v) is 13.4. The van der Waals surface area contributed by atoms with E-state index >= 15 is 0 Å². The molecule has 0 aliphatic rings. The van der Waals surface area contributed by atoms with Gasteiger partial charge < -0.3 is 19.7 Å². The van der Waals surface area contributed by atoms with E-state index in [4.69, 9.17) is 4.74 Å². The molecule has 2 N–H and O–H groups in total. The first-order valence-corrected chi connectivity index (χ1v) is 7.64. The number of carboxylic acid groups (broad SMARTS) is 1. The fourth-order valence-corrected chi connectivity index (χ4v) is 2.65. The predicted octanol–water partition coefficient (Wildman–Crippen LogP) is 2.78. The minimum absolute atomic E-state index is 0.247. The SMILES string of the molecule is CC(C)OCCCNCc1c(C(=O)O)n(C)c2ccccc12. The zero-order valence-electron chi connectivity index (χ0n) is 13.4. The third-order valence-electron chi connectivity index (χ3n) is 3.67. The molecule has 0 saturated carbocycles. The van der Waals surface area contributed by atoms with Gasteiger partial charge in [0, 0.05) is 36.7 Å². The summed E-state index contributed by atoms with van der Waals surface area (Å²) in [6.45, 7) is 6.09. The lowest BCUT2D eigenvalue weighted by atomic mass is 10.1. The Morgan fingerprint density at radius 1 is 1.36 bits per heavy atom. The average Bonchev–Trinajstić information content (AvgIpc) is 2.76. The van der Waals surface area contributed by atoms with Crippen LogP contribution in [0.25, 0.3) is 10.9 Å². The number of hydrogen-bond donors (Lipinski definition) is 2. The minimum atomic E-state index is -0.890. The van der Waals surface area contributed by atoms with Gasteiger partial charge in [0.2, 0.25) is 0 Å². The number of nitrogens with one attached hydrogen (secondary N) is 1. The van der Waals surface area contributed by atoms with E-state index in [0.717, 1.165) is 29.4 Å². The molecular weight excluding hydrogens is 280 g/mol. The zero-order chi connectivity index (χ0) is 16.1. The molecule has 0 atom stereocenters. The van der Waals surface area contributed by atoms with Crippen LogP contribution in [0.1, 0.15) is 36.3 Å². The highest BCUT2D eigenvalue weighted by Gasteiger charge is 2.19. The highest BCUT2D eigenvalue weighted by molar-refractivity contribution is 5.98. The summed E-state index contributed by atoms with van der Waals surface area (Å²) >= 11 is 0. The smallest absolute Gasteiger partial charge is 0.352 e. The lowest BCUT2D eigenvalue weighted by Crippen LogP contribution is -2.19. The largest absolute Gasteiger partial charge is 0.477 e. The van der Waals surface area contributed by atoms with Crippen molar-refractivity contribution in [3.05, 3.63) is 35.5 Å². The quantitative estimate of drug-likeness (QED) is 0.736. The first-order valence-electron chi connectivity index (χ1n) is 7.64. The highest BCUT2D eigenvalue weighted by Crippen LogP contribution is 2.25. The number of aromatic carboxylic acids is 1. The number of rotatable bonds is 8. The molecule has 0 amide bonds. The van der Waals surface area contributed by atoms with Crippen LogP contribution in [0.15, 0.2) is 24.3 Å². The molecule has 0 aliphatic heterocycles. The molecule has 22 heavy (non-hydrogen) atoms. The Bertz CT molecular complexity index is 647. The molecule has 0 radical (unpaired) electrons. The molecule has 0 aliphatic carbocycles. The van der Waals surface area contributed by atoms with Gasteiger partial charge in [-0.05, 0) is 32.9 Å². The van der Waals surface area contributed by atoms with Gasteiger partial charge in [0.1, 0.15) is 5.69 Å². The van der Waals surface area contributed by atoms with Crippen LogP contribution in [-0.4, -0.2) is 34.9 Å². The Hall–Kier alpha value is -1.85. The molecule has 2 rings (SSSR count). The Morgan fingerprint density at radius 3 is 2.77 bits per heavy atom. The third kappa shape index (κ3) is 3.67. The van der Waals surface area contributed by atoms with Gasteiger partial charge in [-0.3, -0.25) is 0 Å². The molecule has 0 saturated heterocycles. The number of nitrogens with zero attached hydrogens (tertiary/aromatic N) is 1. The average molecular weight is 304 g/mol. The van der Waals surface area contributed by atoms with E-state index in [2.05, 4.69) is 5.32 Å². The van der Waals surface area contributed by atoms with Crippen molar-refractivity contribution in [2.24, 2.45) is 7.05 Å². The fourth-order valence-electron chi connectivity index (χ4n) is 2.65. The van der Waals surface area contributed by atoms with Gasteiger partial charge in [-0.25, -0.2) is 4.79 Å². The summed E-state index contributed by atoms with van der Waals surface area (Å²) in [5.74, 6) is -0.890. The van der Waals surface area contributed by atoms with Crippen LogP contribution in [0.2, 0.25) is 0 Å². The van der Waals surface area contributed by atoms with Crippen LogP contribution in [-0.2, 0) is 18.3 Å². The summed E-state index contributed by atoms with van der Waals surface area (Å²) in [5, 5.41) is 13.8. The Labute approximate surface area is 130 Å². The van der Waals surface area contributed by atoms with Gasteiger partial charge in [0.05, 0.1) is 6.10 Å². The van der Waals surface area contributed by atoms with Crippen molar-refractivity contribution < 1.29 is 14.6 Å². The molecule has 5 heteroatoms. The molecule has 0 unspecified atom stereocenters. The van der Waals surface area contributed by atoms with Crippen LogP contribution in [0.4, 0.5) is 0 Å². The van der Waals surface area contributed by atoms with Gasteiger partial charge >= 0.3 is 5.97 Å². The summed E-state index contributed by atoms with van der Waals surface area (Å²) in [4.78, 5) is 11.6. The monoisotopic (exact) mass is 304 g/mol. The van der Waals surface area contributed by atoms with E-state index in [1.165, 1.54) is 0 Å². The number of hydrogen-bond acceptors (Lipinski definition) is 3. The van der Waals surface area contributed by atoms with E-state index in [0.29, 0.717) is 18.8 Å². The van der Waals surface area contributed by atoms with Crippen molar-refractivity contribution in [1.82, 2.24) is 9.88 Å². The Balaban J connectivity index is 2.07. The van der Waals surface area contributed by atoms with E-state index < -0.39 is 5.97 Å². The normalized spacial score (nSPS) is 11.5. The van der Waals surface area contributed by atoms with Crippen molar-refractivity contribution in [3.63, 3.8) is 0 Å². The van der Waals surface area contributed by atoms with Gasteiger partial charge in [-0.1, -0.05) is 18.2 Å². The van der Waals surface area contributed by atoms with Crippen molar-refractivity contribution in [1.29, 1.82) is 0 Å². The first-order chi connectivity index (χ1) is 10.5. The molecule has 1 aromatic heterocycles. The molecular formula is C17H24N2O3. The number of benzene rings is 1. The number of fused-ring (bicyclic) bond motifs is 1. The third-order valence-corrected chi connectivity index (χ3v) is 3.67. The van der Waals surface area contributed by atoms with Crippen molar-refractivity contribution in [2.75, 3.05) is 13.2 Å². The molecule has 0 spiro atoms. The molecule has 1 heterocycles. The highest BCUT2D eigenvalue weighted by atomic mass is 16.5. The lowest BCUT2D eigenvalue weighted by Gasteiger charge is -2.08. The maximum Gasteiger partial charge on any atom is 0.352 e. The van der Waals surface area contributed by atoms with Crippen LogP contribution >= 0.6 is 0 Å². The number of aryl methyl sites for hydroxylation is 1. The van der Waals surface area contributed by atoms with Gasteiger partial charge in [-0.2, -0.15) is 0 Å². The van der Waals surface area contributed by atoms with Crippen LogP contribution < -0.4 is 5.32 Å². The molecule has 120 valence electrons. The Kier molecular flexibility index (Phi) is 5.57. The van der Waals surface area contributed by atoms with Crippen LogP contribution in [0.5, 0.6) is 0 Å². The number of ether oxygens (including phenoxy) is 1. The first kappa shape index (κ1) is 16.5. The lowest BCUT2D eigenvalue weighted by molar-refractivity contribution is 0.0684. The maximum atomic E-state index is 11.6. The van der Waals surface area contributed by atoms with Gasteiger partial charge in [-0.15, -0.1) is 0 Å². The van der Waals surface area contributed by atoms with Crippen molar-refractivity contribution in [2.45, 2.75) is 32.9 Å². The summed E-state index contributed by atoms with van der Waals surface area (Å²) in [5.41, 5.74) is 2.14. The topological polar surface area (TPSA) is 63.5 Å². The number of carboxylic acids is 1. The molecule has 5 nitrogen and oxygen atoms in total. The summed E-state index contributed by atoms with van der Waals surface area (Å²) < 4.78 is 7.24. The molecule has 2 aromatic rings. The fraction of sp³-hybridized carbons (Fsp3) is 0.471. The summed E-state index contributed by atoms with van der Waals surface area (Å²) in [6, 6.07) is 7.78. The standard InChI is InChI=1S/C17H24N2O3/c1-12(2)22-10-6-9-18-11-14-13-7-4-5-8-15(13)19(3)16(14)17(20)21/h4-5,7-8,12,18H,6,9-11H2,1-3H3,(H,20,21). The number of aromatic nitrogens is 1. The van der Waals surface area contributed by atoms with Crippen molar-refractivity contribution in [3.8, 4) is 0 Å². The van der Waals surface area contributed by atoms with E-state index in [1.807, 2.05) is 38.1 Å². The van der Waals surface area contributed by atoms with Gasteiger partial charge in [0.15, 0.2) is 0 Å². The summed E-state index contributed by atoms with van der Waals surface area (Å²) in [7, 11) is 1.80. The summed E-state index contributed by atoms with van der Waals surface area (Å²) in [6.07, 6.45) is 1.16. The number of carbonyl (C=O) groups is 1. The second-order valence-electron chi connectivity index (χ2n) is 5.66. The molecule has 0 bridgehead atoms. The number of para-hydroxylation sites is 1. The van der Waals surface area contributed by atoms with Gasteiger partial charge in [0.25, 0.3) is 0 Å².